The molecule has 1 aromatic heterocycles. The van der Waals surface area contributed by atoms with E-state index in [1.54, 1.807) is 29.2 Å². The van der Waals surface area contributed by atoms with E-state index >= 15 is 0 Å². The predicted octanol–water partition coefficient (Wildman–Crippen LogP) is 3.74. The molecule has 3 heterocycles. The first-order valence-corrected chi connectivity index (χ1v) is 12.1. The van der Waals surface area contributed by atoms with Crippen molar-refractivity contribution in [3.8, 4) is 11.8 Å². The van der Waals surface area contributed by atoms with E-state index < -0.39 is 28.9 Å². The van der Waals surface area contributed by atoms with Crippen molar-refractivity contribution >= 4 is 34.6 Å². The standard InChI is InChI=1S/C25H24F3N5O3S/c1-31(2)23(13-35-14-23)15-36-18-6-4-16(5-7-18)33-22(37)32(21(34)24(33)8-3-9-24)17-10-19(25(26,27)28)20(11-29)30-12-17/h4-7,10,12H,3,8-9,13-15H2,1-2H3. The van der Waals surface area contributed by atoms with Crippen LogP contribution in [0, 0.1) is 11.3 Å². The van der Waals surface area contributed by atoms with E-state index in [2.05, 4.69) is 9.88 Å². The van der Waals surface area contributed by atoms with Crippen LogP contribution in [0.2, 0.25) is 0 Å². The van der Waals surface area contributed by atoms with Gasteiger partial charge in [0.05, 0.1) is 30.7 Å². The number of alkyl halides is 3. The molecule has 1 aromatic carbocycles. The number of hydrogen-bond donors (Lipinski definition) is 0. The largest absolute Gasteiger partial charge is 0.491 e. The third kappa shape index (κ3) is 4.02. The highest BCUT2D eigenvalue weighted by Crippen LogP contribution is 2.48. The van der Waals surface area contributed by atoms with E-state index in [-0.39, 0.29) is 16.3 Å². The maximum absolute atomic E-state index is 13.6. The van der Waals surface area contributed by atoms with Gasteiger partial charge < -0.3 is 14.4 Å². The van der Waals surface area contributed by atoms with Crippen molar-refractivity contribution in [2.75, 3.05) is 43.7 Å². The fourth-order valence-electron chi connectivity index (χ4n) is 4.81. The highest BCUT2D eigenvalue weighted by atomic mass is 32.1. The molecule has 0 atom stereocenters. The summed E-state index contributed by atoms with van der Waals surface area (Å²) in [7, 11) is 3.95. The molecule has 3 fully saturated rings. The average molecular weight is 532 g/mol. The molecule has 2 aliphatic heterocycles. The van der Waals surface area contributed by atoms with Gasteiger partial charge in [0.25, 0.3) is 5.91 Å². The summed E-state index contributed by atoms with van der Waals surface area (Å²) in [4.78, 5) is 22.1. The first-order valence-electron chi connectivity index (χ1n) is 11.7. The highest BCUT2D eigenvalue weighted by Gasteiger charge is 2.59. The summed E-state index contributed by atoms with van der Waals surface area (Å²) in [6, 6.07) is 9.35. The van der Waals surface area contributed by atoms with Gasteiger partial charge in [-0.3, -0.25) is 14.6 Å². The monoisotopic (exact) mass is 531 g/mol. The van der Waals surface area contributed by atoms with Crippen LogP contribution in [0.15, 0.2) is 36.5 Å². The predicted molar refractivity (Wildman–Crippen MR) is 132 cm³/mol. The Hall–Kier alpha value is -3.27. The first kappa shape index (κ1) is 25.4. The molecule has 37 heavy (non-hydrogen) atoms. The summed E-state index contributed by atoms with van der Waals surface area (Å²) in [5.41, 5.74) is -2.60. The number of halogens is 3. The molecular weight excluding hydrogens is 507 g/mol. The van der Waals surface area contributed by atoms with Crippen LogP contribution in [-0.2, 0) is 15.7 Å². The normalized spacial score (nSPS) is 20.1. The number of amides is 1. The molecule has 2 aromatic rings. The smallest absolute Gasteiger partial charge is 0.419 e. The molecule has 8 nitrogen and oxygen atoms in total. The number of likely N-dealkylation sites (N-methyl/N-ethyl adjacent to an activating group) is 1. The van der Waals surface area contributed by atoms with Gasteiger partial charge in [-0.15, -0.1) is 0 Å². The van der Waals surface area contributed by atoms with Crippen molar-refractivity contribution in [1.29, 1.82) is 5.26 Å². The van der Waals surface area contributed by atoms with Crippen molar-refractivity contribution in [2.45, 2.75) is 36.5 Å². The minimum Gasteiger partial charge on any atom is -0.491 e. The number of thiocarbonyl (C=S) groups is 1. The molecule has 1 spiro atoms. The van der Waals surface area contributed by atoms with E-state index in [4.69, 9.17) is 27.0 Å². The number of benzene rings is 1. The summed E-state index contributed by atoms with van der Waals surface area (Å²) < 4.78 is 52.0. The lowest BCUT2D eigenvalue weighted by atomic mass is 9.75. The lowest BCUT2D eigenvalue weighted by molar-refractivity contribution is -0.141. The van der Waals surface area contributed by atoms with E-state index in [0.717, 1.165) is 23.6 Å². The average Bonchev–Trinajstić information content (AvgIpc) is 3.04. The van der Waals surface area contributed by atoms with Crippen LogP contribution >= 0.6 is 12.2 Å². The van der Waals surface area contributed by atoms with E-state index in [0.29, 0.717) is 44.1 Å². The number of carbonyl (C=O) groups excluding carboxylic acids is 1. The maximum atomic E-state index is 13.6. The van der Waals surface area contributed by atoms with E-state index in [1.807, 2.05) is 14.1 Å². The summed E-state index contributed by atoms with van der Waals surface area (Å²) in [6.07, 6.45) is -1.91. The molecule has 0 N–H and O–H groups in total. The molecule has 0 radical (unpaired) electrons. The van der Waals surface area contributed by atoms with Crippen molar-refractivity contribution in [3.05, 3.63) is 47.8 Å². The number of anilines is 2. The number of aromatic nitrogens is 1. The topological polar surface area (TPSA) is 81.9 Å². The number of ether oxygens (including phenoxy) is 2. The van der Waals surface area contributed by atoms with Gasteiger partial charge in [-0.1, -0.05) is 0 Å². The quantitative estimate of drug-likeness (QED) is 0.522. The SMILES string of the molecule is CN(C)C1(COc2ccc(N3C(=S)N(c4cnc(C#N)c(C(F)(F)F)c4)C(=O)C34CCC4)cc2)COC1. The molecular formula is C25H24F3N5O3S. The zero-order chi connectivity index (χ0) is 26.6. The number of nitriles is 1. The minimum atomic E-state index is -4.81. The molecule has 5 rings (SSSR count). The summed E-state index contributed by atoms with van der Waals surface area (Å²) >= 11 is 5.64. The number of carbonyl (C=O) groups is 1. The molecule has 1 amide bonds. The summed E-state index contributed by atoms with van der Waals surface area (Å²) in [5.74, 6) is 0.237. The second-order valence-corrected chi connectivity index (χ2v) is 10.1. The van der Waals surface area contributed by atoms with Crippen molar-refractivity contribution in [1.82, 2.24) is 9.88 Å². The van der Waals surface area contributed by atoms with Crippen molar-refractivity contribution in [2.24, 2.45) is 0 Å². The van der Waals surface area contributed by atoms with E-state index in [9.17, 15) is 18.0 Å². The molecule has 194 valence electrons. The second kappa shape index (κ2) is 8.93. The zero-order valence-electron chi connectivity index (χ0n) is 20.2. The molecule has 1 aliphatic carbocycles. The molecule has 2 saturated heterocycles. The Morgan fingerprint density at radius 1 is 1.22 bits per heavy atom. The van der Waals surface area contributed by atoms with Gasteiger partial charge in [0.2, 0.25) is 0 Å². The summed E-state index contributed by atoms with van der Waals surface area (Å²) in [6.45, 7) is 1.62. The van der Waals surface area contributed by atoms with Crippen LogP contribution in [0.25, 0.3) is 0 Å². The molecule has 1 saturated carbocycles. The summed E-state index contributed by atoms with van der Waals surface area (Å²) in [5, 5.41) is 9.13. The Bertz CT molecular complexity index is 1280. The number of nitrogens with zero attached hydrogens (tertiary/aromatic N) is 5. The Morgan fingerprint density at radius 3 is 2.38 bits per heavy atom. The first-order chi connectivity index (χ1) is 17.5. The number of rotatable bonds is 6. The molecule has 0 bridgehead atoms. The Balaban J connectivity index is 1.42. The van der Waals surface area contributed by atoms with Crippen LogP contribution in [-0.4, -0.2) is 65.9 Å². The van der Waals surface area contributed by atoms with Crippen LogP contribution in [0.3, 0.4) is 0 Å². The van der Waals surface area contributed by atoms with Gasteiger partial charge in [0, 0.05) is 5.69 Å². The Kier molecular flexibility index (Phi) is 6.13. The molecule has 0 unspecified atom stereocenters. The highest BCUT2D eigenvalue weighted by molar-refractivity contribution is 7.81. The third-order valence-corrected chi connectivity index (χ3v) is 7.79. The maximum Gasteiger partial charge on any atom is 0.419 e. The lowest BCUT2D eigenvalue weighted by Crippen LogP contribution is -2.63. The van der Waals surface area contributed by atoms with E-state index in [1.165, 1.54) is 6.07 Å². The lowest BCUT2D eigenvalue weighted by Gasteiger charge is -2.46. The second-order valence-electron chi connectivity index (χ2n) is 9.74. The van der Waals surface area contributed by atoms with Gasteiger partial charge in [-0.05, 0) is 75.9 Å². The van der Waals surface area contributed by atoms with Gasteiger partial charge in [0.1, 0.15) is 29.5 Å². The van der Waals surface area contributed by atoms with Gasteiger partial charge >= 0.3 is 6.18 Å². The van der Waals surface area contributed by atoms with Crippen LogP contribution in [0.4, 0.5) is 24.5 Å². The Morgan fingerprint density at radius 2 is 1.89 bits per heavy atom. The molecule has 3 aliphatic rings. The van der Waals surface area contributed by atoms with Crippen LogP contribution in [0.1, 0.15) is 30.5 Å². The zero-order valence-corrected chi connectivity index (χ0v) is 21.0. The minimum absolute atomic E-state index is 0.0659. The van der Waals surface area contributed by atoms with Crippen molar-refractivity contribution in [3.63, 3.8) is 0 Å². The van der Waals surface area contributed by atoms with Crippen molar-refractivity contribution < 1.29 is 27.4 Å². The van der Waals surface area contributed by atoms with Crippen LogP contribution < -0.4 is 14.5 Å². The van der Waals surface area contributed by atoms with Gasteiger partial charge in [-0.2, -0.15) is 18.4 Å². The Labute approximate surface area is 217 Å². The van der Waals surface area contributed by atoms with Crippen LogP contribution in [0.5, 0.6) is 5.75 Å². The molecule has 12 heteroatoms. The number of hydrogen-bond acceptors (Lipinski definition) is 7. The fraction of sp³-hybridized carbons (Fsp3) is 0.440. The fourth-order valence-corrected chi connectivity index (χ4v) is 5.28. The van der Waals surface area contributed by atoms with Gasteiger partial charge in [-0.25, -0.2) is 4.98 Å². The number of pyridine rings is 1. The van der Waals surface area contributed by atoms with Gasteiger partial charge in [0.15, 0.2) is 10.8 Å². The third-order valence-electron chi connectivity index (χ3n) is 7.43.